The van der Waals surface area contributed by atoms with Gasteiger partial charge in [0, 0.05) is 37.7 Å². The summed E-state index contributed by atoms with van der Waals surface area (Å²) in [6.45, 7) is 5.91. The molecule has 3 heterocycles. The van der Waals surface area contributed by atoms with E-state index in [4.69, 9.17) is 0 Å². The lowest BCUT2D eigenvalue weighted by Crippen LogP contribution is -2.53. The van der Waals surface area contributed by atoms with E-state index in [9.17, 15) is 5.11 Å². The Hall–Kier alpha value is -1.69. The molecule has 2 aliphatic rings. The first-order valence-electron chi connectivity index (χ1n) is 9.45. The smallest absolute Gasteiger partial charge is 0.0991 e. The number of rotatable bonds is 5. The molecule has 1 aromatic carbocycles. The molecule has 4 rings (SSSR count). The van der Waals surface area contributed by atoms with Crippen LogP contribution in [0.15, 0.2) is 43.0 Å². The molecular formula is C20H28N4O. The Balaban J connectivity index is 1.36. The third kappa shape index (κ3) is 4.11. The fraction of sp³-hybridized carbons (Fsp3) is 0.550. The maximum absolute atomic E-state index is 11.1. The van der Waals surface area contributed by atoms with Crippen molar-refractivity contribution in [2.45, 2.75) is 37.8 Å². The number of benzene rings is 1. The predicted molar refractivity (Wildman–Crippen MR) is 98.7 cm³/mol. The van der Waals surface area contributed by atoms with E-state index in [-0.39, 0.29) is 0 Å². The minimum absolute atomic E-state index is 0.542. The van der Waals surface area contributed by atoms with E-state index < -0.39 is 5.60 Å². The van der Waals surface area contributed by atoms with E-state index in [0.29, 0.717) is 0 Å². The van der Waals surface area contributed by atoms with E-state index in [0.717, 1.165) is 57.8 Å². The molecule has 0 radical (unpaired) electrons. The van der Waals surface area contributed by atoms with Crippen LogP contribution in [0.2, 0.25) is 0 Å². The van der Waals surface area contributed by atoms with Crippen molar-refractivity contribution in [2.75, 3.05) is 32.7 Å². The molecule has 0 spiro atoms. The molecule has 2 aromatic rings. The highest BCUT2D eigenvalue weighted by Gasteiger charge is 2.35. The maximum Gasteiger partial charge on any atom is 0.0991 e. The minimum Gasteiger partial charge on any atom is -0.387 e. The van der Waals surface area contributed by atoms with Gasteiger partial charge < -0.3 is 14.6 Å². The molecule has 1 unspecified atom stereocenters. The maximum atomic E-state index is 11.1. The van der Waals surface area contributed by atoms with Crippen molar-refractivity contribution in [1.82, 2.24) is 19.4 Å². The molecule has 134 valence electrons. The van der Waals surface area contributed by atoms with E-state index in [1.54, 1.807) is 6.20 Å². The quantitative estimate of drug-likeness (QED) is 0.907. The van der Waals surface area contributed by atoms with Crippen molar-refractivity contribution in [1.29, 1.82) is 0 Å². The van der Waals surface area contributed by atoms with Crippen molar-refractivity contribution in [3.8, 4) is 5.69 Å². The molecule has 5 nitrogen and oxygen atoms in total. The number of likely N-dealkylation sites (tertiary alicyclic amines) is 2. The minimum atomic E-state index is -0.542. The zero-order valence-corrected chi connectivity index (χ0v) is 14.8. The number of β-amino-alcohol motifs (C(OH)–C–C–N with tert-alkyl or cyclic N) is 1. The van der Waals surface area contributed by atoms with Gasteiger partial charge in [0.05, 0.1) is 11.9 Å². The van der Waals surface area contributed by atoms with Crippen molar-refractivity contribution in [3.05, 3.63) is 48.5 Å². The third-order valence-corrected chi connectivity index (χ3v) is 5.50. The molecule has 1 N–H and O–H groups in total. The Kier molecular flexibility index (Phi) is 4.88. The fourth-order valence-corrected chi connectivity index (χ4v) is 4.27. The van der Waals surface area contributed by atoms with Gasteiger partial charge in [-0.05, 0) is 63.0 Å². The summed E-state index contributed by atoms with van der Waals surface area (Å²) in [7, 11) is 0. The van der Waals surface area contributed by atoms with Gasteiger partial charge >= 0.3 is 0 Å². The molecule has 2 aliphatic heterocycles. The normalized spacial score (nSPS) is 25.5. The molecule has 0 saturated carbocycles. The molecule has 0 bridgehead atoms. The Morgan fingerprint density at radius 1 is 1.00 bits per heavy atom. The molecule has 0 aliphatic carbocycles. The third-order valence-electron chi connectivity index (χ3n) is 5.50. The second-order valence-corrected chi connectivity index (χ2v) is 7.66. The summed E-state index contributed by atoms with van der Waals surface area (Å²) in [5, 5.41) is 11.1. The van der Waals surface area contributed by atoms with Gasteiger partial charge in [-0.2, -0.15) is 0 Å². The lowest BCUT2D eigenvalue weighted by molar-refractivity contribution is -0.0519. The lowest BCUT2D eigenvalue weighted by Gasteiger charge is -2.41. The highest BCUT2D eigenvalue weighted by molar-refractivity contribution is 5.34. The van der Waals surface area contributed by atoms with Crippen LogP contribution in [0.5, 0.6) is 0 Å². The number of aromatic nitrogens is 2. The predicted octanol–water partition coefficient (Wildman–Crippen LogP) is 2.29. The Bertz CT molecular complexity index is 664. The van der Waals surface area contributed by atoms with E-state index in [1.165, 1.54) is 18.4 Å². The first-order chi connectivity index (χ1) is 12.2. The van der Waals surface area contributed by atoms with Crippen molar-refractivity contribution in [2.24, 2.45) is 0 Å². The van der Waals surface area contributed by atoms with Crippen LogP contribution in [0.3, 0.4) is 0 Å². The van der Waals surface area contributed by atoms with Crippen LogP contribution in [0.1, 0.15) is 31.2 Å². The zero-order valence-electron chi connectivity index (χ0n) is 14.8. The first-order valence-corrected chi connectivity index (χ1v) is 9.45. The number of nitrogens with zero attached hydrogens (tertiary/aromatic N) is 4. The second kappa shape index (κ2) is 7.28. The van der Waals surface area contributed by atoms with Crippen LogP contribution in [0.25, 0.3) is 5.69 Å². The molecule has 5 heteroatoms. The summed E-state index contributed by atoms with van der Waals surface area (Å²) in [4.78, 5) is 8.94. The van der Waals surface area contributed by atoms with E-state index in [2.05, 4.69) is 39.0 Å². The van der Waals surface area contributed by atoms with Crippen molar-refractivity contribution >= 4 is 0 Å². The van der Waals surface area contributed by atoms with Crippen LogP contribution < -0.4 is 0 Å². The number of hydrogen-bond donors (Lipinski definition) is 1. The van der Waals surface area contributed by atoms with Gasteiger partial charge in [0.15, 0.2) is 0 Å². The first kappa shape index (κ1) is 16.8. The van der Waals surface area contributed by atoms with Crippen molar-refractivity contribution in [3.63, 3.8) is 0 Å². The SMILES string of the molecule is OC1(CN2CCCC2)CCCN(Cc2ccc(-n3ccnc3)cc2)C1. The summed E-state index contributed by atoms with van der Waals surface area (Å²) in [6, 6.07) is 8.64. The number of hydrogen-bond acceptors (Lipinski definition) is 4. The van der Waals surface area contributed by atoms with Crippen LogP contribution in [0, 0.1) is 0 Å². The highest BCUT2D eigenvalue weighted by Crippen LogP contribution is 2.25. The Morgan fingerprint density at radius 3 is 2.48 bits per heavy atom. The van der Waals surface area contributed by atoms with Gasteiger partial charge in [-0.15, -0.1) is 0 Å². The average Bonchev–Trinajstić information content (AvgIpc) is 3.29. The van der Waals surface area contributed by atoms with Gasteiger partial charge in [0.2, 0.25) is 0 Å². The van der Waals surface area contributed by atoms with Gasteiger partial charge in [0.1, 0.15) is 0 Å². The number of imidazole rings is 1. The molecule has 2 saturated heterocycles. The second-order valence-electron chi connectivity index (χ2n) is 7.66. The Morgan fingerprint density at radius 2 is 1.76 bits per heavy atom. The highest BCUT2D eigenvalue weighted by atomic mass is 16.3. The van der Waals surface area contributed by atoms with E-state index in [1.807, 2.05) is 17.1 Å². The Labute approximate surface area is 149 Å². The molecular weight excluding hydrogens is 312 g/mol. The van der Waals surface area contributed by atoms with Crippen LogP contribution >= 0.6 is 0 Å². The monoisotopic (exact) mass is 340 g/mol. The summed E-state index contributed by atoms with van der Waals surface area (Å²) < 4.78 is 2.01. The standard InChI is InChI=1S/C20H28N4O/c25-20(15-22-10-1-2-11-22)8-3-12-23(16-20)14-18-4-6-19(7-5-18)24-13-9-21-17-24/h4-7,9,13,17,25H,1-3,8,10-12,14-16H2. The summed E-state index contributed by atoms with van der Waals surface area (Å²) in [5.74, 6) is 0. The molecule has 1 aromatic heterocycles. The fourth-order valence-electron chi connectivity index (χ4n) is 4.27. The van der Waals surface area contributed by atoms with Gasteiger partial charge in [-0.3, -0.25) is 4.90 Å². The van der Waals surface area contributed by atoms with Crippen LogP contribution in [0.4, 0.5) is 0 Å². The van der Waals surface area contributed by atoms with Gasteiger partial charge in [0.25, 0.3) is 0 Å². The van der Waals surface area contributed by atoms with E-state index >= 15 is 0 Å². The number of piperidine rings is 1. The zero-order chi connectivity index (χ0) is 17.1. The lowest BCUT2D eigenvalue weighted by atomic mass is 9.92. The van der Waals surface area contributed by atoms with Crippen LogP contribution in [-0.4, -0.2) is 62.8 Å². The summed E-state index contributed by atoms with van der Waals surface area (Å²) >= 11 is 0. The molecule has 25 heavy (non-hydrogen) atoms. The van der Waals surface area contributed by atoms with Crippen LogP contribution in [-0.2, 0) is 6.54 Å². The average molecular weight is 340 g/mol. The topological polar surface area (TPSA) is 44.5 Å². The summed E-state index contributed by atoms with van der Waals surface area (Å²) in [5.41, 5.74) is 1.89. The molecule has 1 atom stereocenters. The largest absolute Gasteiger partial charge is 0.387 e. The molecule has 2 fully saturated rings. The molecule has 0 amide bonds. The van der Waals surface area contributed by atoms with Gasteiger partial charge in [-0.25, -0.2) is 4.98 Å². The summed E-state index contributed by atoms with van der Waals surface area (Å²) in [6.07, 6.45) is 10.1. The van der Waals surface area contributed by atoms with Gasteiger partial charge in [-0.1, -0.05) is 12.1 Å². The van der Waals surface area contributed by atoms with Crippen molar-refractivity contribution < 1.29 is 5.11 Å². The number of aliphatic hydroxyl groups is 1.